The van der Waals surface area contributed by atoms with Crippen molar-refractivity contribution in [3.63, 3.8) is 0 Å². The van der Waals surface area contributed by atoms with E-state index in [1.165, 1.54) is 0 Å². The van der Waals surface area contributed by atoms with Crippen LogP contribution >= 0.6 is 0 Å². The number of hydrogen-bond donors (Lipinski definition) is 0. The molecule has 0 aliphatic carbocycles. The van der Waals surface area contributed by atoms with Gasteiger partial charge in [-0.3, -0.25) is 9.59 Å². The highest BCUT2D eigenvalue weighted by Crippen LogP contribution is 2.41. The lowest BCUT2D eigenvalue weighted by Gasteiger charge is -2.36. The largest absolute Gasteiger partial charge is 0.466 e. The van der Waals surface area contributed by atoms with Crippen molar-refractivity contribution < 1.29 is 19.1 Å². The van der Waals surface area contributed by atoms with E-state index < -0.39 is 23.3 Å². The minimum Gasteiger partial charge on any atom is -0.466 e. The molecule has 0 amide bonds. The Labute approximate surface area is 121 Å². The minimum absolute atomic E-state index is 0.169. The molecule has 0 heterocycles. The van der Waals surface area contributed by atoms with Crippen LogP contribution in [0.5, 0.6) is 0 Å². The van der Waals surface area contributed by atoms with E-state index in [1.807, 2.05) is 6.07 Å². The summed E-state index contributed by atoms with van der Waals surface area (Å²) >= 11 is 0. The van der Waals surface area contributed by atoms with E-state index >= 15 is 0 Å². The zero-order valence-corrected chi connectivity index (χ0v) is 13.2. The molecule has 5 nitrogen and oxygen atoms in total. The molecule has 0 radical (unpaired) electrons. The van der Waals surface area contributed by atoms with Gasteiger partial charge in [-0.1, -0.05) is 27.7 Å². The van der Waals surface area contributed by atoms with Crippen molar-refractivity contribution in [2.45, 2.75) is 41.5 Å². The zero-order valence-electron chi connectivity index (χ0n) is 13.2. The molecule has 0 N–H and O–H groups in total. The van der Waals surface area contributed by atoms with Crippen LogP contribution in [0.3, 0.4) is 0 Å². The summed E-state index contributed by atoms with van der Waals surface area (Å²) in [6.07, 6.45) is 0. The molecule has 0 aromatic heterocycles. The second-order valence-electron chi connectivity index (χ2n) is 5.33. The lowest BCUT2D eigenvalue weighted by Crippen LogP contribution is -2.49. The van der Waals surface area contributed by atoms with Gasteiger partial charge >= 0.3 is 11.9 Å². The summed E-state index contributed by atoms with van der Waals surface area (Å²) in [6.45, 7) is 10.8. The normalized spacial score (nSPS) is 15.3. The van der Waals surface area contributed by atoms with Crippen LogP contribution in [0, 0.1) is 34.5 Å². The average Bonchev–Trinajstić information content (AvgIpc) is 2.34. The van der Waals surface area contributed by atoms with E-state index in [-0.39, 0.29) is 25.0 Å². The van der Waals surface area contributed by atoms with Crippen LogP contribution < -0.4 is 0 Å². The van der Waals surface area contributed by atoms with E-state index in [0.717, 1.165) is 0 Å². The SMILES string of the molecule is CCOC(=O)[C@H](C(C)C)[C@](C#N)(C(=O)OCC)C(C)C. The predicted octanol–water partition coefficient (Wildman–Crippen LogP) is 2.55. The summed E-state index contributed by atoms with van der Waals surface area (Å²) in [4.78, 5) is 24.6. The number of rotatable bonds is 7. The molecule has 0 bridgehead atoms. The molecular formula is C15H25NO4. The highest BCUT2D eigenvalue weighted by molar-refractivity contribution is 5.88. The van der Waals surface area contributed by atoms with E-state index in [4.69, 9.17) is 9.47 Å². The Morgan fingerprint density at radius 2 is 1.60 bits per heavy atom. The van der Waals surface area contributed by atoms with Crippen molar-refractivity contribution in [3.05, 3.63) is 0 Å². The topological polar surface area (TPSA) is 76.4 Å². The molecule has 0 unspecified atom stereocenters. The smallest absolute Gasteiger partial charge is 0.327 e. The second kappa shape index (κ2) is 7.88. The number of hydrogen-bond acceptors (Lipinski definition) is 5. The van der Waals surface area contributed by atoms with E-state index in [0.29, 0.717) is 0 Å². The van der Waals surface area contributed by atoms with Gasteiger partial charge in [0.15, 0.2) is 5.41 Å². The van der Waals surface area contributed by atoms with Crippen LogP contribution in [-0.4, -0.2) is 25.2 Å². The van der Waals surface area contributed by atoms with Gasteiger partial charge in [0, 0.05) is 0 Å². The van der Waals surface area contributed by atoms with E-state index in [9.17, 15) is 14.9 Å². The van der Waals surface area contributed by atoms with Crippen LogP contribution in [0.4, 0.5) is 0 Å². The summed E-state index contributed by atoms with van der Waals surface area (Å²) in [5, 5.41) is 9.62. The Kier molecular flexibility index (Phi) is 7.26. The number of esters is 2. The van der Waals surface area contributed by atoms with Gasteiger partial charge in [0.2, 0.25) is 0 Å². The minimum atomic E-state index is -1.52. The number of carbonyl (C=O) groups excluding carboxylic acids is 2. The molecule has 5 heteroatoms. The summed E-state index contributed by atoms with van der Waals surface area (Å²) in [5.41, 5.74) is -1.52. The van der Waals surface area contributed by atoms with Gasteiger partial charge in [-0.15, -0.1) is 0 Å². The molecule has 0 aliphatic rings. The second-order valence-corrected chi connectivity index (χ2v) is 5.33. The van der Waals surface area contributed by atoms with E-state index in [2.05, 4.69) is 0 Å². The van der Waals surface area contributed by atoms with Crippen molar-refractivity contribution in [2.24, 2.45) is 23.2 Å². The molecule has 0 rings (SSSR count). The molecule has 0 aromatic carbocycles. The van der Waals surface area contributed by atoms with Crippen LogP contribution in [0.2, 0.25) is 0 Å². The van der Waals surface area contributed by atoms with Gasteiger partial charge in [0.25, 0.3) is 0 Å². The molecule has 20 heavy (non-hydrogen) atoms. The lowest BCUT2D eigenvalue weighted by molar-refractivity contribution is -0.170. The summed E-state index contributed by atoms with van der Waals surface area (Å²) in [5.74, 6) is -2.58. The number of nitrogens with zero attached hydrogens (tertiary/aromatic N) is 1. The summed E-state index contributed by atoms with van der Waals surface area (Å²) in [6, 6.07) is 2.04. The third kappa shape index (κ3) is 3.50. The molecule has 0 saturated heterocycles. The van der Waals surface area contributed by atoms with Crippen LogP contribution in [0.1, 0.15) is 41.5 Å². The summed E-state index contributed by atoms with van der Waals surface area (Å²) < 4.78 is 10.1. The zero-order chi connectivity index (χ0) is 15.9. The van der Waals surface area contributed by atoms with Crippen molar-refractivity contribution >= 4 is 11.9 Å². The summed E-state index contributed by atoms with van der Waals surface area (Å²) in [7, 11) is 0. The quantitative estimate of drug-likeness (QED) is 0.671. The number of nitriles is 1. The molecular weight excluding hydrogens is 258 g/mol. The first-order chi connectivity index (χ1) is 9.29. The Morgan fingerprint density at radius 1 is 1.10 bits per heavy atom. The van der Waals surface area contributed by atoms with Gasteiger partial charge in [-0.25, -0.2) is 0 Å². The third-order valence-electron chi connectivity index (χ3n) is 3.41. The Hall–Kier alpha value is -1.57. The van der Waals surface area contributed by atoms with Crippen LogP contribution in [0.25, 0.3) is 0 Å². The molecule has 114 valence electrons. The fourth-order valence-corrected chi connectivity index (χ4v) is 2.43. The van der Waals surface area contributed by atoms with Gasteiger partial charge in [0.05, 0.1) is 25.2 Å². The fraction of sp³-hybridized carbons (Fsp3) is 0.800. The Bertz CT molecular complexity index is 384. The van der Waals surface area contributed by atoms with Crippen molar-refractivity contribution in [2.75, 3.05) is 13.2 Å². The van der Waals surface area contributed by atoms with Gasteiger partial charge < -0.3 is 9.47 Å². The molecule has 0 aliphatic heterocycles. The first-order valence-corrected chi connectivity index (χ1v) is 7.04. The average molecular weight is 283 g/mol. The maximum atomic E-state index is 12.3. The number of carbonyl (C=O) groups is 2. The van der Waals surface area contributed by atoms with Gasteiger partial charge in [0.1, 0.15) is 0 Å². The highest BCUT2D eigenvalue weighted by Gasteiger charge is 2.55. The van der Waals surface area contributed by atoms with Crippen molar-refractivity contribution in [3.8, 4) is 6.07 Å². The molecule has 2 atom stereocenters. The molecule has 0 spiro atoms. The fourth-order valence-electron chi connectivity index (χ4n) is 2.43. The molecule has 0 saturated carbocycles. The highest BCUT2D eigenvalue weighted by atomic mass is 16.5. The number of ether oxygens (including phenoxy) is 2. The lowest BCUT2D eigenvalue weighted by atomic mass is 9.64. The van der Waals surface area contributed by atoms with Gasteiger partial charge in [-0.2, -0.15) is 5.26 Å². The maximum Gasteiger partial charge on any atom is 0.327 e. The standard InChI is InChI=1S/C15H25NO4/c1-7-19-13(17)12(10(3)4)15(9-16,11(5)6)14(18)20-8-2/h10-12H,7-8H2,1-6H3/t12-,15+/m0/s1. The maximum absolute atomic E-state index is 12.3. The van der Waals surface area contributed by atoms with Crippen molar-refractivity contribution in [1.29, 1.82) is 5.26 Å². The first kappa shape index (κ1) is 18.4. The predicted molar refractivity (Wildman–Crippen MR) is 74.5 cm³/mol. The Morgan fingerprint density at radius 3 is 1.90 bits per heavy atom. The molecule has 0 aromatic rings. The Balaban J connectivity index is 5.85. The van der Waals surface area contributed by atoms with Gasteiger partial charge in [-0.05, 0) is 25.7 Å². The monoisotopic (exact) mass is 283 g/mol. The van der Waals surface area contributed by atoms with Crippen molar-refractivity contribution in [1.82, 2.24) is 0 Å². The van der Waals surface area contributed by atoms with E-state index in [1.54, 1.807) is 41.5 Å². The molecule has 0 fully saturated rings. The first-order valence-electron chi connectivity index (χ1n) is 7.04. The third-order valence-corrected chi connectivity index (χ3v) is 3.41. The van der Waals surface area contributed by atoms with Crippen LogP contribution in [0.15, 0.2) is 0 Å². The van der Waals surface area contributed by atoms with Crippen LogP contribution in [-0.2, 0) is 19.1 Å².